The summed E-state index contributed by atoms with van der Waals surface area (Å²) in [5.74, 6) is -1.94. The van der Waals surface area contributed by atoms with Gasteiger partial charge in [0.15, 0.2) is 0 Å². The number of carboxylic acids is 1. The third kappa shape index (κ3) is 3.53. The number of aromatic nitrogens is 2. The lowest BCUT2D eigenvalue weighted by molar-refractivity contribution is -0.141. The van der Waals surface area contributed by atoms with Crippen LogP contribution in [0.4, 0.5) is 4.39 Å². The summed E-state index contributed by atoms with van der Waals surface area (Å²) in [6.07, 6.45) is 0.990. The monoisotopic (exact) mass is 375 g/mol. The Hall–Kier alpha value is -3.23. The number of aliphatic carboxylic acids is 1. The van der Waals surface area contributed by atoms with E-state index in [1.165, 1.54) is 37.3 Å². The van der Waals surface area contributed by atoms with Gasteiger partial charge in [-0.1, -0.05) is 6.07 Å². The number of carbonyl (C=O) groups excluding carboxylic acids is 1. The third-order valence-corrected chi connectivity index (χ3v) is 4.45. The van der Waals surface area contributed by atoms with Gasteiger partial charge < -0.3 is 19.5 Å². The molecule has 2 heterocycles. The molecular weight excluding hydrogens is 357 g/mol. The van der Waals surface area contributed by atoms with E-state index >= 15 is 0 Å². The fourth-order valence-corrected chi connectivity index (χ4v) is 3.11. The molecule has 0 saturated carbocycles. The number of hydrogen-bond donors (Lipinski definition) is 1. The second kappa shape index (κ2) is 7.56. The van der Waals surface area contributed by atoms with Crippen molar-refractivity contribution in [3.8, 4) is 22.9 Å². The molecule has 1 aliphatic rings. The molecular formula is C18H18FN3O5. The van der Waals surface area contributed by atoms with E-state index in [0.717, 1.165) is 6.07 Å². The number of carbonyl (C=O) groups is 2. The van der Waals surface area contributed by atoms with Crippen LogP contribution in [0.25, 0.3) is 11.1 Å². The third-order valence-electron chi connectivity index (χ3n) is 4.45. The van der Waals surface area contributed by atoms with Gasteiger partial charge in [0.25, 0.3) is 5.91 Å². The molecule has 1 fully saturated rings. The minimum Gasteiger partial charge on any atom is -0.480 e. The summed E-state index contributed by atoms with van der Waals surface area (Å²) in [5.41, 5.74) is 0.565. The molecule has 142 valence electrons. The highest BCUT2D eigenvalue weighted by atomic mass is 19.1. The average molecular weight is 375 g/mol. The molecule has 1 N–H and O–H groups in total. The van der Waals surface area contributed by atoms with Gasteiger partial charge in [0.1, 0.15) is 11.9 Å². The Morgan fingerprint density at radius 2 is 1.96 bits per heavy atom. The molecule has 1 saturated heterocycles. The lowest BCUT2D eigenvalue weighted by atomic mass is 10.0. The van der Waals surface area contributed by atoms with Crippen molar-refractivity contribution in [2.75, 3.05) is 20.8 Å². The molecule has 3 rings (SSSR count). The molecule has 0 bridgehead atoms. The topological polar surface area (TPSA) is 102 Å². The first-order valence-corrected chi connectivity index (χ1v) is 8.25. The van der Waals surface area contributed by atoms with E-state index in [1.54, 1.807) is 0 Å². The summed E-state index contributed by atoms with van der Waals surface area (Å²) in [7, 11) is 2.79. The second-order valence-corrected chi connectivity index (χ2v) is 6.00. The minimum absolute atomic E-state index is 0.0809. The summed E-state index contributed by atoms with van der Waals surface area (Å²) in [6.45, 7) is 0.332. The molecule has 2 aromatic rings. The van der Waals surface area contributed by atoms with Gasteiger partial charge in [0, 0.05) is 23.7 Å². The number of methoxy groups -OCH3 is 2. The molecule has 1 aromatic heterocycles. The van der Waals surface area contributed by atoms with E-state index in [-0.39, 0.29) is 22.9 Å². The van der Waals surface area contributed by atoms with Crippen LogP contribution in [0.1, 0.15) is 23.2 Å². The van der Waals surface area contributed by atoms with Crippen molar-refractivity contribution in [3.05, 3.63) is 35.6 Å². The Kier molecular flexibility index (Phi) is 5.20. The number of nitrogens with zero attached hydrogens (tertiary/aromatic N) is 3. The lowest BCUT2D eigenvalue weighted by Crippen LogP contribution is -2.40. The number of carboxylic acid groups (broad SMARTS) is 1. The molecule has 0 radical (unpaired) electrons. The molecule has 1 atom stereocenters. The molecule has 1 amide bonds. The van der Waals surface area contributed by atoms with Gasteiger partial charge in [-0.3, -0.25) is 4.79 Å². The van der Waals surface area contributed by atoms with E-state index in [2.05, 4.69) is 10.2 Å². The van der Waals surface area contributed by atoms with Gasteiger partial charge >= 0.3 is 5.97 Å². The predicted octanol–water partition coefficient (Wildman–Crippen LogP) is 1.99. The number of amides is 1. The Labute approximate surface area is 154 Å². The van der Waals surface area contributed by atoms with Crippen LogP contribution < -0.4 is 9.47 Å². The van der Waals surface area contributed by atoms with E-state index in [0.29, 0.717) is 24.9 Å². The van der Waals surface area contributed by atoms with Crippen molar-refractivity contribution in [1.82, 2.24) is 15.1 Å². The molecule has 0 spiro atoms. The Bertz CT molecular complexity index is 889. The Balaban J connectivity index is 1.95. The van der Waals surface area contributed by atoms with Gasteiger partial charge in [-0.2, -0.15) is 0 Å². The largest absolute Gasteiger partial charge is 0.480 e. The zero-order valence-corrected chi connectivity index (χ0v) is 14.8. The number of hydrogen-bond acceptors (Lipinski definition) is 6. The lowest BCUT2D eigenvalue weighted by Gasteiger charge is -2.21. The summed E-state index contributed by atoms with van der Waals surface area (Å²) in [6, 6.07) is 4.56. The highest BCUT2D eigenvalue weighted by molar-refractivity contribution is 5.97. The van der Waals surface area contributed by atoms with Crippen LogP contribution in [0, 0.1) is 5.82 Å². The molecule has 9 heteroatoms. The summed E-state index contributed by atoms with van der Waals surface area (Å²) in [4.78, 5) is 25.2. The Morgan fingerprint density at radius 1 is 1.19 bits per heavy atom. The molecule has 27 heavy (non-hydrogen) atoms. The zero-order valence-electron chi connectivity index (χ0n) is 14.8. The van der Waals surface area contributed by atoms with Crippen molar-refractivity contribution in [1.29, 1.82) is 0 Å². The van der Waals surface area contributed by atoms with Crippen molar-refractivity contribution in [3.63, 3.8) is 0 Å². The van der Waals surface area contributed by atoms with E-state index in [1.807, 2.05) is 0 Å². The fraction of sp³-hybridized carbons (Fsp3) is 0.333. The molecule has 1 aliphatic heterocycles. The first-order chi connectivity index (χ1) is 13.0. The SMILES string of the molecule is COc1cc(-c2ccc(C(=O)N3CCCC3C(=O)O)cc2F)c(OC)nn1. The zero-order chi connectivity index (χ0) is 19.6. The quantitative estimate of drug-likeness (QED) is 0.853. The number of ether oxygens (including phenoxy) is 2. The maximum atomic E-state index is 14.8. The summed E-state index contributed by atoms with van der Waals surface area (Å²) in [5, 5.41) is 16.8. The highest BCUT2D eigenvalue weighted by Crippen LogP contribution is 2.32. The maximum Gasteiger partial charge on any atom is 0.326 e. The predicted molar refractivity (Wildman–Crippen MR) is 92.2 cm³/mol. The van der Waals surface area contributed by atoms with Crippen molar-refractivity contribution in [2.24, 2.45) is 0 Å². The smallest absolute Gasteiger partial charge is 0.326 e. The number of rotatable bonds is 5. The van der Waals surface area contributed by atoms with Crippen molar-refractivity contribution >= 4 is 11.9 Å². The summed E-state index contributed by atoms with van der Waals surface area (Å²) < 4.78 is 24.9. The van der Waals surface area contributed by atoms with Gasteiger partial charge in [-0.25, -0.2) is 9.18 Å². The average Bonchev–Trinajstić information content (AvgIpc) is 3.17. The first-order valence-electron chi connectivity index (χ1n) is 8.25. The van der Waals surface area contributed by atoms with Crippen LogP contribution in [0.3, 0.4) is 0 Å². The van der Waals surface area contributed by atoms with Crippen LogP contribution in [-0.4, -0.2) is 58.9 Å². The van der Waals surface area contributed by atoms with Crippen LogP contribution in [0.5, 0.6) is 11.8 Å². The van der Waals surface area contributed by atoms with E-state index in [4.69, 9.17) is 9.47 Å². The van der Waals surface area contributed by atoms with Crippen LogP contribution in [0.2, 0.25) is 0 Å². The number of likely N-dealkylation sites (tertiary alicyclic amines) is 1. The van der Waals surface area contributed by atoms with Crippen LogP contribution >= 0.6 is 0 Å². The minimum atomic E-state index is -1.06. The van der Waals surface area contributed by atoms with Gasteiger partial charge in [0.2, 0.25) is 11.8 Å². The normalized spacial score (nSPS) is 16.3. The molecule has 1 unspecified atom stereocenters. The maximum absolute atomic E-state index is 14.8. The molecule has 8 nitrogen and oxygen atoms in total. The Morgan fingerprint density at radius 3 is 2.59 bits per heavy atom. The number of halogens is 1. The van der Waals surface area contributed by atoms with E-state index < -0.39 is 23.7 Å². The van der Waals surface area contributed by atoms with Gasteiger partial charge in [-0.15, -0.1) is 10.2 Å². The number of benzene rings is 1. The van der Waals surface area contributed by atoms with Crippen molar-refractivity contribution in [2.45, 2.75) is 18.9 Å². The van der Waals surface area contributed by atoms with Crippen LogP contribution in [-0.2, 0) is 4.79 Å². The molecule has 0 aliphatic carbocycles. The molecule has 1 aromatic carbocycles. The van der Waals surface area contributed by atoms with Gasteiger partial charge in [0.05, 0.1) is 19.8 Å². The van der Waals surface area contributed by atoms with Gasteiger partial charge in [-0.05, 0) is 25.0 Å². The van der Waals surface area contributed by atoms with E-state index in [9.17, 15) is 19.1 Å². The second-order valence-electron chi connectivity index (χ2n) is 6.00. The fourth-order valence-electron chi connectivity index (χ4n) is 3.11. The van der Waals surface area contributed by atoms with Crippen molar-refractivity contribution < 1.29 is 28.6 Å². The highest BCUT2D eigenvalue weighted by Gasteiger charge is 2.34. The first kappa shape index (κ1) is 18.6. The van der Waals surface area contributed by atoms with Crippen LogP contribution in [0.15, 0.2) is 24.3 Å². The summed E-state index contributed by atoms with van der Waals surface area (Å²) >= 11 is 0. The standard InChI is InChI=1S/C18H18FN3O5/c1-26-15-9-12(16(27-2)21-20-15)11-6-5-10(8-13(11)19)17(23)22-7-3-4-14(22)18(24)25/h5-6,8-9,14H,3-4,7H2,1-2H3,(H,24,25).